The standard InChI is InChI=1S/C25H22F2N4O/c26-18-1-4-23-22(9-18)21(5-6-29-23)15-7-16-10-25(27,11-17(16)8-15)12-24(32)31-20-3-2-19(13-28)30-14-20/h1-6,9,14-17H,7-8,10-12H2,(H,31,32)/t15?,16-,17?,25?/m0/s1. The number of anilines is 1. The molecule has 2 aliphatic rings. The van der Waals surface area contributed by atoms with E-state index < -0.39 is 5.67 Å². The Hall–Kier alpha value is -3.40. The molecule has 32 heavy (non-hydrogen) atoms. The minimum atomic E-state index is -1.52. The highest BCUT2D eigenvalue weighted by atomic mass is 19.1. The number of nitriles is 1. The van der Waals surface area contributed by atoms with E-state index in [4.69, 9.17) is 5.26 Å². The Morgan fingerprint density at radius 2 is 1.94 bits per heavy atom. The number of fused-ring (bicyclic) bond motifs is 2. The topological polar surface area (TPSA) is 78.7 Å². The van der Waals surface area contributed by atoms with Gasteiger partial charge in [-0.3, -0.25) is 9.78 Å². The van der Waals surface area contributed by atoms with Crippen LogP contribution >= 0.6 is 0 Å². The molecule has 2 aromatic heterocycles. The zero-order chi connectivity index (χ0) is 22.3. The van der Waals surface area contributed by atoms with E-state index in [1.54, 1.807) is 18.3 Å². The summed E-state index contributed by atoms with van der Waals surface area (Å²) in [5.41, 5.74) is 1.05. The number of rotatable bonds is 4. The number of hydrogen-bond acceptors (Lipinski definition) is 4. The van der Waals surface area contributed by atoms with Crippen molar-refractivity contribution in [3.05, 3.63) is 65.9 Å². The molecule has 2 aliphatic carbocycles. The predicted octanol–water partition coefficient (Wildman–Crippen LogP) is 5.28. The smallest absolute Gasteiger partial charge is 0.227 e. The molecule has 0 spiro atoms. The summed E-state index contributed by atoms with van der Waals surface area (Å²) in [6, 6.07) is 11.6. The maximum Gasteiger partial charge on any atom is 0.227 e. The van der Waals surface area contributed by atoms with Crippen molar-refractivity contribution in [1.29, 1.82) is 5.26 Å². The van der Waals surface area contributed by atoms with Gasteiger partial charge in [0.05, 0.1) is 23.8 Å². The van der Waals surface area contributed by atoms with Crippen molar-refractivity contribution in [3.63, 3.8) is 0 Å². The number of carbonyl (C=O) groups is 1. The van der Waals surface area contributed by atoms with Crippen molar-refractivity contribution in [2.45, 2.75) is 43.7 Å². The summed E-state index contributed by atoms with van der Waals surface area (Å²) in [5.74, 6) is 0.0139. The van der Waals surface area contributed by atoms with Crippen molar-refractivity contribution in [1.82, 2.24) is 9.97 Å². The van der Waals surface area contributed by atoms with Gasteiger partial charge in [0.15, 0.2) is 0 Å². The number of amides is 1. The van der Waals surface area contributed by atoms with Gasteiger partial charge < -0.3 is 5.32 Å². The number of nitrogens with one attached hydrogen (secondary N) is 1. The van der Waals surface area contributed by atoms with E-state index in [2.05, 4.69) is 15.3 Å². The van der Waals surface area contributed by atoms with Crippen LogP contribution in [0.2, 0.25) is 0 Å². The number of halogens is 2. The van der Waals surface area contributed by atoms with Crippen molar-refractivity contribution in [2.24, 2.45) is 11.8 Å². The first-order chi connectivity index (χ1) is 15.4. The fourth-order valence-corrected chi connectivity index (χ4v) is 5.66. The largest absolute Gasteiger partial charge is 0.325 e. The molecule has 1 N–H and O–H groups in total. The lowest BCUT2D eigenvalue weighted by molar-refractivity contribution is -0.118. The van der Waals surface area contributed by atoms with Gasteiger partial charge in [-0.25, -0.2) is 13.8 Å². The van der Waals surface area contributed by atoms with Crippen LogP contribution in [0, 0.1) is 29.0 Å². The third kappa shape index (κ3) is 3.93. The van der Waals surface area contributed by atoms with Gasteiger partial charge in [-0.15, -0.1) is 0 Å². The average molecular weight is 432 g/mol. The van der Waals surface area contributed by atoms with Crippen LogP contribution in [0.5, 0.6) is 0 Å². The van der Waals surface area contributed by atoms with E-state index in [-0.39, 0.29) is 41.6 Å². The molecule has 162 valence electrons. The third-order valence-electron chi connectivity index (χ3n) is 6.91. The molecule has 3 unspecified atom stereocenters. The van der Waals surface area contributed by atoms with E-state index in [1.165, 1.54) is 24.4 Å². The van der Waals surface area contributed by atoms with E-state index in [9.17, 15) is 9.18 Å². The summed E-state index contributed by atoms with van der Waals surface area (Å²) in [5, 5.41) is 12.3. The summed E-state index contributed by atoms with van der Waals surface area (Å²) in [7, 11) is 0. The molecule has 2 fully saturated rings. The Kier molecular flexibility index (Phi) is 5.09. The van der Waals surface area contributed by atoms with Crippen LogP contribution in [0.15, 0.2) is 48.8 Å². The first kappa shape index (κ1) is 20.5. The Morgan fingerprint density at radius 3 is 2.62 bits per heavy atom. The molecule has 0 bridgehead atoms. The monoisotopic (exact) mass is 432 g/mol. The SMILES string of the molecule is N#Cc1ccc(NC(=O)CC2(F)CC3CC(c4ccnc5ccc(F)cc45)C[C@H]3C2)cn1. The van der Waals surface area contributed by atoms with E-state index in [0.29, 0.717) is 18.5 Å². The lowest BCUT2D eigenvalue weighted by Crippen LogP contribution is -2.28. The van der Waals surface area contributed by atoms with E-state index >= 15 is 4.39 Å². The van der Waals surface area contributed by atoms with Crippen molar-refractivity contribution < 1.29 is 13.6 Å². The highest BCUT2D eigenvalue weighted by Crippen LogP contribution is 2.56. The molecule has 1 amide bonds. The second kappa shape index (κ2) is 7.94. The number of benzene rings is 1. The second-order valence-electron chi connectivity index (χ2n) is 9.08. The molecule has 7 heteroatoms. The highest BCUT2D eigenvalue weighted by Gasteiger charge is 2.51. The first-order valence-electron chi connectivity index (χ1n) is 10.8. The maximum atomic E-state index is 15.6. The van der Waals surface area contributed by atoms with Crippen LogP contribution in [-0.4, -0.2) is 21.5 Å². The molecular formula is C25H22F2N4O. The van der Waals surface area contributed by atoms with Crippen LogP contribution in [0.1, 0.15) is 49.3 Å². The number of alkyl halides is 1. The van der Waals surface area contributed by atoms with Gasteiger partial charge in [0.2, 0.25) is 5.91 Å². The van der Waals surface area contributed by atoms with E-state index in [0.717, 1.165) is 29.3 Å². The lowest BCUT2D eigenvalue weighted by atomic mass is 9.88. The van der Waals surface area contributed by atoms with Crippen LogP contribution in [0.4, 0.5) is 14.5 Å². The number of nitrogens with zero attached hydrogens (tertiary/aromatic N) is 3. The van der Waals surface area contributed by atoms with Gasteiger partial charge in [0.1, 0.15) is 23.2 Å². The summed E-state index contributed by atoms with van der Waals surface area (Å²) in [6.45, 7) is 0. The van der Waals surface area contributed by atoms with E-state index in [1.807, 2.05) is 12.1 Å². The van der Waals surface area contributed by atoms with Crippen molar-refractivity contribution in [2.75, 3.05) is 5.32 Å². The minimum Gasteiger partial charge on any atom is -0.325 e. The van der Waals surface area contributed by atoms with Gasteiger partial charge in [-0.2, -0.15) is 5.26 Å². The molecule has 2 heterocycles. The van der Waals surface area contributed by atoms with Gasteiger partial charge in [-0.05, 0) is 85.4 Å². The van der Waals surface area contributed by atoms with Crippen LogP contribution in [0.25, 0.3) is 10.9 Å². The quantitative estimate of drug-likeness (QED) is 0.608. The zero-order valence-corrected chi connectivity index (χ0v) is 17.4. The number of aromatic nitrogens is 2. The molecular weight excluding hydrogens is 410 g/mol. The molecule has 4 atom stereocenters. The van der Waals surface area contributed by atoms with Crippen molar-refractivity contribution >= 4 is 22.5 Å². The van der Waals surface area contributed by atoms with Crippen LogP contribution < -0.4 is 5.32 Å². The maximum absolute atomic E-state index is 15.6. The van der Waals surface area contributed by atoms with Crippen molar-refractivity contribution in [3.8, 4) is 6.07 Å². The molecule has 2 saturated carbocycles. The minimum absolute atomic E-state index is 0.186. The lowest BCUT2D eigenvalue weighted by Gasteiger charge is -2.22. The number of pyridine rings is 2. The van der Waals surface area contributed by atoms with Gasteiger partial charge in [0.25, 0.3) is 0 Å². The molecule has 0 saturated heterocycles. The second-order valence-corrected chi connectivity index (χ2v) is 9.08. The fraction of sp³-hybridized carbons (Fsp3) is 0.360. The Bertz CT molecular complexity index is 1210. The fourth-order valence-electron chi connectivity index (χ4n) is 5.66. The first-order valence-corrected chi connectivity index (χ1v) is 10.8. The third-order valence-corrected chi connectivity index (χ3v) is 6.91. The Balaban J connectivity index is 1.24. The zero-order valence-electron chi connectivity index (χ0n) is 17.4. The summed E-state index contributed by atoms with van der Waals surface area (Å²) < 4.78 is 29.4. The van der Waals surface area contributed by atoms with Crippen LogP contribution in [0.3, 0.4) is 0 Å². The molecule has 0 aliphatic heterocycles. The Morgan fingerprint density at radius 1 is 1.16 bits per heavy atom. The van der Waals surface area contributed by atoms with Gasteiger partial charge in [-0.1, -0.05) is 0 Å². The summed E-state index contributed by atoms with van der Waals surface area (Å²) in [6.07, 6.45) is 5.38. The molecule has 5 nitrogen and oxygen atoms in total. The highest BCUT2D eigenvalue weighted by molar-refractivity contribution is 5.91. The Labute approximate surface area is 184 Å². The number of carbonyl (C=O) groups excluding carboxylic acids is 1. The average Bonchev–Trinajstić information content (AvgIpc) is 3.28. The molecule has 3 aromatic rings. The normalized spacial score (nSPS) is 26.6. The molecule has 5 rings (SSSR count). The summed E-state index contributed by atoms with van der Waals surface area (Å²) >= 11 is 0. The molecule has 1 aromatic carbocycles. The van der Waals surface area contributed by atoms with Crippen LogP contribution in [-0.2, 0) is 4.79 Å². The van der Waals surface area contributed by atoms with Gasteiger partial charge in [0, 0.05) is 11.6 Å². The number of hydrogen-bond donors (Lipinski definition) is 1. The summed E-state index contributed by atoms with van der Waals surface area (Å²) in [4.78, 5) is 20.7. The van der Waals surface area contributed by atoms with Gasteiger partial charge >= 0.3 is 0 Å². The predicted molar refractivity (Wildman–Crippen MR) is 116 cm³/mol. The molecule has 0 radical (unpaired) electrons.